The number of hydrogen-bond acceptors (Lipinski definition) is 5. The van der Waals surface area contributed by atoms with Gasteiger partial charge < -0.3 is 16.0 Å². The number of nitrogens with one attached hydrogen (secondary N) is 3. The molecule has 0 saturated carbocycles. The second kappa shape index (κ2) is 7.63. The zero-order valence-electron chi connectivity index (χ0n) is 15.0. The molecule has 140 valence electrons. The summed E-state index contributed by atoms with van der Waals surface area (Å²) in [5, 5.41) is 13.0. The maximum Gasteiger partial charge on any atom is 0.253 e. The summed E-state index contributed by atoms with van der Waals surface area (Å²) in [4.78, 5) is 16.3. The molecule has 1 amide bonds. The third-order valence-corrected chi connectivity index (χ3v) is 4.40. The van der Waals surface area contributed by atoms with Gasteiger partial charge in [-0.1, -0.05) is 17.7 Å². The predicted molar refractivity (Wildman–Crippen MR) is 104 cm³/mol. The number of aromatic nitrogens is 3. The van der Waals surface area contributed by atoms with Crippen LogP contribution in [-0.4, -0.2) is 27.7 Å². The monoisotopic (exact) mass is 388 g/mol. The first-order valence-electron chi connectivity index (χ1n) is 8.09. The van der Waals surface area contributed by atoms with Crippen LogP contribution < -0.4 is 16.0 Å². The minimum atomic E-state index is -0.568. The van der Waals surface area contributed by atoms with E-state index in [0.717, 1.165) is 11.4 Å². The third kappa shape index (κ3) is 3.85. The van der Waals surface area contributed by atoms with Gasteiger partial charge in [0.25, 0.3) is 5.91 Å². The molecule has 0 radical (unpaired) electrons. The van der Waals surface area contributed by atoms with Crippen molar-refractivity contribution < 1.29 is 9.18 Å². The van der Waals surface area contributed by atoms with Crippen molar-refractivity contribution in [3.63, 3.8) is 0 Å². The molecule has 27 heavy (non-hydrogen) atoms. The fraction of sp³-hybridized carbons (Fsp3) is 0.167. The van der Waals surface area contributed by atoms with Crippen LogP contribution in [0.5, 0.6) is 0 Å². The molecule has 3 aromatic rings. The van der Waals surface area contributed by atoms with E-state index in [9.17, 15) is 9.18 Å². The average Bonchev–Trinajstić information content (AvgIpc) is 2.97. The van der Waals surface area contributed by atoms with E-state index in [4.69, 9.17) is 11.6 Å². The molecule has 3 rings (SSSR count). The molecule has 0 aliphatic rings. The summed E-state index contributed by atoms with van der Waals surface area (Å²) in [5.74, 6) is -0.482. The quantitative estimate of drug-likeness (QED) is 0.619. The van der Waals surface area contributed by atoms with Crippen LogP contribution in [0.3, 0.4) is 0 Å². The van der Waals surface area contributed by atoms with E-state index in [1.54, 1.807) is 16.9 Å². The maximum atomic E-state index is 14.3. The average molecular weight is 389 g/mol. The number of para-hydroxylation sites is 1. The summed E-state index contributed by atoms with van der Waals surface area (Å²) in [6.07, 6.45) is 3.12. The van der Waals surface area contributed by atoms with Gasteiger partial charge in [-0.05, 0) is 19.1 Å². The Morgan fingerprint density at radius 1 is 1.22 bits per heavy atom. The van der Waals surface area contributed by atoms with Crippen LogP contribution in [0.4, 0.5) is 27.3 Å². The molecule has 3 N–H and O–H groups in total. The molecule has 7 nitrogen and oxygen atoms in total. The van der Waals surface area contributed by atoms with Gasteiger partial charge in [0.2, 0.25) is 0 Å². The Morgan fingerprint density at radius 2 is 2.00 bits per heavy atom. The highest BCUT2D eigenvalue weighted by molar-refractivity contribution is 6.33. The summed E-state index contributed by atoms with van der Waals surface area (Å²) >= 11 is 6.21. The minimum absolute atomic E-state index is 0.0356. The zero-order valence-corrected chi connectivity index (χ0v) is 15.7. The fourth-order valence-electron chi connectivity index (χ4n) is 2.47. The number of carbonyl (C=O) groups excluding carboxylic acids is 1. The SMILES string of the molecule is CNC(=O)c1cccc(F)c1Nc1cc(Nc2cnn(C)c2C)ncc1Cl. The topological polar surface area (TPSA) is 83.9 Å². The lowest BCUT2D eigenvalue weighted by Gasteiger charge is -2.14. The number of amides is 1. The van der Waals surface area contributed by atoms with Crippen molar-refractivity contribution in [2.45, 2.75) is 6.92 Å². The highest BCUT2D eigenvalue weighted by Crippen LogP contribution is 2.31. The number of rotatable bonds is 5. The van der Waals surface area contributed by atoms with Crippen LogP contribution in [0.15, 0.2) is 36.7 Å². The highest BCUT2D eigenvalue weighted by Gasteiger charge is 2.16. The molecular formula is C18H18ClFN6O. The predicted octanol–water partition coefficient (Wildman–Crippen LogP) is 3.76. The van der Waals surface area contributed by atoms with Gasteiger partial charge in [0.15, 0.2) is 0 Å². The van der Waals surface area contributed by atoms with Gasteiger partial charge in [0, 0.05) is 20.2 Å². The number of hydrogen-bond donors (Lipinski definition) is 3. The van der Waals surface area contributed by atoms with Gasteiger partial charge in [0.05, 0.1) is 45.7 Å². The maximum absolute atomic E-state index is 14.3. The molecule has 9 heteroatoms. The molecule has 2 heterocycles. The van der Waals surface area contributed by atoms with E-state index in [0.29, 0.717) is 11.5 Å². The Kier molecular flexibility index (Phi) is 5.27. The number of benzene rings is 1. The lowest BCUT2D eigenvalue weighted by molar-refractivity contribution is 0.0963. The molecule has 0 unspecified atom stereocenters. The van der Waals surface area contributed by atoms with E-state index >= 15 is 0 Å². The van der Waals surface area contributed by atoms with Crippen LogP contribution in [0.1, 0.15) is 16.1 Å². The van der Waals surface area contributed by atoms with Gasteiger partial charge in [0.1, 0.15) is 11.6 Å². The van der Waals surface area contributed by atoms with Gasteiger partial charge in [-0.3, -0.25) is 9.48 Å². The normalized spacial score (nSPS) is 10.6. The first-order chi connectivity index (χ1) is 12.9. The molecule has 0 fully saturated rings. The van der Waals surface area contributed by atoms with Gasteiger partial charge in [-0.15, -0.1) is 0 Å². The molecule has 2 aromatic heterocycles. The Balaban J connectivity index is 1.94. The number of pyridine rings is 1. The van der Waals surface area contributed by atoms with Crippen LogP contribution in [-0.2, 0) is 7.05 Å². The molecule has 0 spiro atoms. The summed E-state index contributed by atoms with van der Waals surface area (Å²) in [5.41, 5.74) is 2.33. The summed E-state index contributed by atoms with van der Waals surface area (Å²) in [6, 6.07) is 5.89. The van der Waals surface area contributed by atoms with Crippen molar-refractivity contribution in [1.82, 2.24) is 20.1 Å². The van der Waals surface area contributed by atoms with Crippen LogP contribution in [0, 0.1) is 12.7 Å². The minimum Gasteiger partial charge on any atom is -0.355 e. The number of aryl methyl sites for hydroxylation is 1. The van der Waals surface area contributed by atoms with Gasteiger partial charge in [-0.2, -0.15) is 5.10 Å². The molecule has 0 atom stereocenters. The third-order valence-electron chi connectivity index (χ3n) is 4.10. The molecule has 0 saturated heterocycles. The van der Waals surface area contributed by atoms with E-state index in [-0.39, 0.29) is 16.3 Å². The van der Waals surface area contributed by atoms with Crippen molar-refractivity contribution in [2.24, 2.45) is 7.05 Å². The first kappa shape index (κ1) is 18.7. The summed E-state index contributed by atoms with van der Waals surface area (Å²) in [6.45, 7) is 1.92. The van der Waals surface area contributed by atoms with E-state index in [2.05, 4.69) is 26.0 Å². The molecule has 0 aliphatic carbocycles. The fourth-order valence-corrected chi connectivity index (χ4v) is 2.62. The number of halogens is 2. The van der Waals surface area contributed by atoms with E-state index in [1.807, 2.05) is 14.0 Å². The number of anilines is 4. The lowest BCUT2D eigenvalue weighted by Crippen LogP contribution is -2.19. The molecule has 0 bridgehead atoms. The highest BCUT2D eigenvalue weighted by atomic mass is 35.5. The summed E-state index contributed by atoms with van der Waals surface area (Å²) in [7, 11) is 3.32. The Labute approximate surface area is 160 Å². The molecule has 0 aliphatic heterocycles. The van der Waals surface area contributed by atoms with Crippen molar-refractivity contribution in [3.8, 4) is 0 Å². The lowest BCUT2D eigenvalue weighted by atomic mass is 10.1. The standard InChI is InChI=1S/C18H18ClFN6O/c1-10-15(9-23-26(10)3)24-16-7-14(12(19)8-22-16)25-17-11(18(27)21-2)5-4-6-13(17)20/h4-9H,1-3H3,(H,21,27)(H2,22,24,25). The first-order valence-corrected chi connectivity index (χ1v) is 8.47. The Bertz CT molecular complexity index is 1000. The molecule has 1 aromatic carbocycles. The number of nitrogens with zero attached hydrogens (tertiary/aromatic N) is 3. The Hall–Kier alpha value is -3.13. The van der Waals surface area contributed by atoms with Gasteiger partial charge in [-0.25, -0.2) is 9.37 Å². The van der Waals surface area contributed by atoms with E-state index < -0.39 is 11.7 Å². The summed E-state index contributed by atoms with van der Waals surface area (Å²) < 4.78 is 16.1. The number of carbonyl (C=O) groups is 1. The van der Waals surface area contributed by atoms with Crippen molar-refractivity contribution in [2.75, 3.05) is 17.7 Å². The second-order valence-electron chi connectivity index (χ2n) is 5.81. The molecular weight excluding hydrogens is 371 g/mol. The van der Waals surface area contributed by atoms with Crippen molar-refractivity contribution in [3.05, 3.63) is 58.8 Å². The van der Waals surface area contributed by atoms with Crippen LogP contribution >= 0.6 is 11.6 Å². The zero-order chi connectivity index (χ0) is 19.6. The second-order valence-corrected chi connectivity index (χ2v) is 6.22. The van der Waals surface area contributed by atoms with E-state index in [1.165, 1.54) is 31.4 Å². The van der Waals surface area contributed by atoms with Crippen molar-refractivity contribution in [1.29, 1.82) is 0 Å². The van der Waals surface area contributed by atoms with Crippen molar-refractivity contribution >= 4 is 40.4 Å². The van der Waals surface area contributed by atoms with Gasteiger partial charge >= 0.3 is 0 Å². The largest absolute Gasteiger partial charge is 0.355 e. The van der Waals surface area contributed by atoms with Crippen LogP contribution in [0.25, 0.3) is 0 Å². The smallest absolute Gasteiger partial charge is 0.253 e. The van der Waals surface area contributed by atoms with Crippen LogP contribution in [0.2, 0.25) is 5.02 Å². The Morgan fingerprint density at radius 3 is 2.67 bits per heavy atom.